The first-order chi connectivity index (χ1) is 14.8. The predicted octanol–water partition coefficient (Wildman–Crippen LogP) is 2.55. The van der Waals surface area contributed by atoms with Crippen LogP contribution >= 0.6 is 11.3 Å². The molecule has 0 bridgehead atoms. The molecule has 1 fully saturated rings. The fourth-order valence-electron chi connectivity index (χ4n) is 3.64. The number of amides is 1. The van der Waals surface area contributed by atoms with E-state index < -0.39 is 28.0 Å². The molecule has 162 valence electrons. The standard InChI is InChI=1S/C21H20N2O6S2/c1-28-21(25)13-5-4-6-14(11-13)31(26,27)23-9-10-29-16(12-23)18-15-7-2-3-8-17(15)30-19(18)20(22)24/h2-8,11,16H,9-10,12H2,1H3,(H2,22,24)/t16-/m0/s1. The molecule has 31 heavy (non-hydrogen) atoms. The maximum atomic E-state index is 13.3. The number of methoxy groups -OCH3 is 1. The molecule has 8 nitrogen and oxygen atoms in total. The minimum absolute atomic E-state index is 0.0126. The highest BCUT2D eigenvalue weighted by molar-refractivity contribution is 7.89. The summed E-state index contributed by atoms with van der Waals surface area (Å²) in [6, 6.07) is 13.2. The second-order valence-corrected chi connectivity index (χ2v) is 9.94. The van der Waals surface area contributed by atoms with Crippen LogP contribution < -0.4 is 5.73 Å². The number of sulfonamides is 1. The zero-order valence-electron chi connectivity index (χ0n) is 16.6. The fraction of sp³-hybridized carbons (Fsp3) is 0.238. The number of carbonyl (C=O) groups excluding carboxylic acids is 2. The number of primary amides is 1. The number of hydrogen-bond acceptors (Lipinski definition) is 7. The van der Waals surface area contributed by atoms with Gasteiger partial charge in [-0.1, -0.05) is 24.3 Å². The number of fused-ring (bicyclic) bond motifs is 1. The summed E-state index contributed by atoms with van der Waals surface area (Å²) >= 11 is 1.26. The van der Waals surface area contributed by atoms with Gasteiger partial charge in [-0.2, -0.15) is 4.31 Å². The largest absolute Gasteiger partial charge is 0.465 e. The number of ether oxygens (including phenoxy) is 2. The lowest BCUT2D eigenvalue weighted by atomic mass is 10.0. The Morgan fingerprint density at radius 2 is 1.97 bits per heavy atom. The van der Waals surface area contributed by atoms with Crippen molar-refractivity contribution in [3.63, 3.8) is 0 Å². The third-order valence-corrected chi connectivity index (χ3v) is 8.16. The van der Waals surface area contributed by atoms with Crippen LogP contribution in [0.3, 0.4) is 0 Å². The van der Waals surface area contributed by atoms with Crippen LogP contribution in [0.4, 0.5) is 0 Å². The van der Waals surface area contributed by atoms with Gasteiger partial charge in [0.25, 0.3) is 5.91 Å². The van der Waals surface area contributed by atoms with Crippen molar-refractivity contribution in [2.75, 3.05) is 26.8 Å². The third-order valence-electron chi connectivity index (χ3n) is 5.10. The molecule has 1 amide bonds. The third kappa shape index (κ3) is 3.94. The first-order valence-electron chi connectivity index (χ1n) is 9.44. The lowest BCUT2D eigenvalue weighted by Crippen LogP contribution is -2.42. The Morgan fingerprint density at radius 1 is 1.19 bits per heavy atom. The predicted molar refractivity (Wildman–Crippen MR) is 116 cm³/mol. The van der Waals surface area contributed by atoms with Crippen LogP contribution in [0.25, 0.3) is 10.1 Å². The van der Waals surface area contributed by atoms with Crippen LogP contribution in [0.2, 0.25) is 0 Å². The molecule has 10 heteroatoms. The molecular weight excluding hydrogens is 440 g/mol. The number of carbonyl (C=O) groups is 2. The number of hydrogen-bond donors (Lipinski definition) is 1. The van der Waals surface area contributed by atoms with Crippen molar-refractivity contribution in [3.05, 3.63) is 64.5 Å². The highest BCUT2D eigenvalue weighted by atomic mass is 32.2. The maximum Gasteiger partial charge on any atom is 0.337 e. The highest BCUT2D eigenvalue weighted by Crippen LogP contribution is 2.38. The van der Waals surface area contributed by atoms with Crippen molar-refractivity contribution >= 4 is 43.3 Å². The molecule has 0 aliphatic carbocycles. The molecular formula is C21H20N2O6S2. The Balaban J connectivity index is 1.70. The van der Waals surface area contributed by atoms with Crippen molar-refractivity contribution in [2.45, 2.75) is 11.0 Å². The maximum absolute atomic E-state index is 13.3. The van der Waals surface area contributed by atoms with Crippen LogP contribution in [0.1, 0.15) is 31.7 Å². The van der Waals surface area contributed by atoms with Gasteiger partial charge in [0.1, 0.15) is 0 Å². The Kier molecular flexibility index (Phi) is 5.80. The second kappa shape index (κ2) is 8.39. The van der Waals surface area contributed by atoms with E-state index in [9.17, 15) is 18.0 Å². The molecule has 0 spiro atoms. The summed E-state index contributed by atoms with van der Waals surface area (Å²) in [6.45, 7) is 0.323. The average molecular weight is 461 g/mol. The molecule has 2 heterocycles. The van der Waals surface area contributed by atoms with Gasteiger partial charge in [-0.15, -0.1) is 11.3 Å². The quantitative estimate of drug-likeness (QED) is 0.585. The molecule has 1 aliphatic rings. The first kappa shape index (κ1) is 21.4. The number of nitrogens with zero attached hydrogens (tertiary/aromatic N) is 1. The minimum atomic E-state index is -3.90. The van der Waals surface area contributed by atoms with Gasteiger partial charge in [0.2, 0.25) is 10.0 Å². The van der Waals surface area contributed by atoms with E-state index in [0.717, 1.165) is 10.1 Å². The summed E-state index contributed by atoms with van der Waals surface area (Å²) in [4.78, 5) is 24.2. The van der Waals surface area contributed by atoms with Crippen LogP contribution in [-0.4, -0.2) is 51.4 Å². The molecule has 2 aromatic carbocycles. The highest BCUT2D eigenvalue weighted by Gasteiger charge is 2.35. The van der Waals surface area contributed by atoms with E-state index >= 15 is 0 Å². The number of thiophene rings is 1. The summed E-state index contributed by atoms with van der Waals surface area (Å²) in [7, 11) is -2.67. The molecule has 1 aromatic heterocycles. The van der Waals surface area contributed by atoms with Gasteiger partial charge in [-0.25, -0.2) is 13.2 Å². The van der Waals surface area contributed by atoms with Crippen molar-refractivity contribution in [1.29, 1.82) is 0 Å². The molecule has 1 atom stereocenters. The van der Waals surface area contributed by atoms with Crippen molar-refractivity contribution in [3.8, 4) is 0 Å². The number of rotatable bonds is 5. The van der Waals surface area contributed by atoms with Crippen LogP contribution in [-0.2, 0) is 19.5 Å². The van der Waals surface area contributed by atoms with E-state index in [-0.39, 0.29) is 30.2 Å². The Labute approximate surface area is 183 Å². The van der Waals surface area contributed by atoms with E-state index in [4.69, 9.17) is 10.5 Å². The zero-order chi connectivity index (χ0) is 22.2. The van der Waals surface area contributed by atoms with E-state index in [1.807, 2.05) is 24.3 Å². The summed E-state index contributed by atoms with van der Waals surface area (Å²) < 4.78 is 39.3. The van der Waals surface area contributed by atoms with Crippen LogP contribution in [0, 0.1) is 0 Å². The van der Waals surface area contributed by atoms with Crippen molar-refractivity contribution in [2.24, 2.45) is 5.73 Å². The van der Waals surface area contributed by atoms with Crippen molar-refractivity contribution in [1.82, 2.24) is 4.31 Å². The topological polar surface area (TPSA) is 116 Å². The zero-order valence-corrected chi connectivity index (χ0v) is 18.2. The van der Waals surface area contributed by atoms with Gasteiger partial charge in [-0.05, 0) is 29.7 Å². The average Bonchev–Trinajstić information content (AvgIpc) is 3.19. The summed E-state index contributed by atoms with van der Waals surface area (Å²) in [6.07, 6.45) is -0.647. The number of benzene rings is 2. The van der Waals surface area contributed by atoms with Crippen molar-refractivity contribution < 1.29 is 27.5 Å². The molecule has 2 N–H and O–H groups in total. The van der Waals surface area contributed by atoms with Gasteiger partial charge < -0.3 is 15.2 Å². The van der Waals surface area contributed by atoms with E-state index in [1.165, 1.54) is 47.0 Å². The molecule has 3 aromatic rings. The summed E-state index contributed by atoms with van der Waals surface area (Å²) in [5, 5.41) is 0.818. The Hall–Kier alpha value is -2.79. The first-order valence-corrected chi connectivity index (χ1v) is 11.7. The lowest BCUT2D eigenvalue weighted by Gasteiger charge is -2.32. The molecule has 4 rings (SSSR count). The summed E-state index contributed by atoms with van der Waals surface area (Å²) in [5.74, 6) is -1.20. The SMILES string of the molecule is COC(=O)c1cccc(S(=O)(=O)N2CCO[C@H](c3c(C(N)=O)sc4ccccc34)C2)c1. The number of morpholine rings is 1. The van der Waals surface area contributed by atoms with Gasteiger partial charge in [0.05, 0.1) is 35.2 Å². The molecule has 0 saturated carbocycles. The molecule has 1 saturated heterocycles. The minimum Gasteiger partial charge on any atom is -0.465 e. The normalized spacial score (nSPS) is 17.5. The fourth-order valence-corrected chi connectivity index (χ4v) is 6.21. The molecule has 0 radical (unpaired) electrons. The van der Waals surface area contributed by atoms with Gasteiger partial charge >= 0.3 is 5.97 Å². The van der Waals surface area contributed by atoms with Crippen LogP contribution in [0.5, 0.6) is 0 Å². The smallest absolute Gasteiger partial charge is 0.337 e. The monoisotopic (exact) mass is 460 g/mol. The van der Waals surface area contributed by atoms with E-state index in [2.05, 4.69) is 4.74 Å². The van der Waals surface area contributed by atoms with E-state index in [1.54, 1.807) is 0 Å². The van der Waals surface area contributed by atoms with Gasteiger partial charge in [0, 0.05) is 23.4 Å². The lowest BCUT2D eigenvalue weighted by molar-refractivity contribution is -0.00189. The molecule has 1 aliphatic heterocycles. The molecule has 0 unspecified atom stereocenters. The Morgan fingerprint density at radius 3 is 2.71 bits per heavy atom. The second-order valence-electron chi connectivity index (χ2n) is 6.95. The van der Waals surface area contributed by atoms with Gasteiger partial charge in [0.15, 0.2) is 0 Å². The van der Waals surface area contributed by atoms with Gasteiger partial charge in [-0.3, -0.25) is 4.79 Å². The summed E-state index contributed by atoms with van der Waals surface area (Å²) in [5.41, 5.74) is 6.35. The number of esters is 1. The Bertz CT molecular complexity index is 1270. The van der Waals surface area contributed by atoms with E-state index in [0.29, 0.717) is 10.4 Å². The van der Waals surface area contributed by atoms with Crippen LogP contribution in [0.15, 0.2) is 53.4 Å². The number of nitrogens with two attached hydrogens (primary N) is 1.